The molecule has 49 valence electrons. The van der Waals surface area contributed by atoms with Gasteiger partial charge >= 0.3 is 0 Å². The van der Waals surface area contributed by atoms with Crippen molar-refractivity contribution < 1.29 is 15.3 Å². The van der Waals surface area contributed by atoms with E-state index in [2.05, 4.69) is 0 Å². The maximum Gasteiger partial charge on any atom is 0.188 e. The fraction of sp³-hybridized carbons (Fsp3) is 1.00. The van der Waals surface area contributed by atoms with Crippen molar-refractivity contribution >= 4 is 0 Å². The van der Waals surface area contributed by atoms with Crippen molar-refractivity contribution in [2.24, 2.45) is 0 Å². The lowest BCUT2D eigenvalue weighted by atomic mass is 10.2. The fourth-order valence-electron chi connectivity index (χ4n) is 0.431. The summed E-state index contributed by atoms with van der Waals surface area (Å²) < 4.78 is 0. The molecule has 1 atom stereocenters. The van der Waals surface area contributed by atoms with E-state index in [0.717, 1.165) is 0 Å². The molecule has 0 bridgehead atoms. The smallest absolute Gasteiger partial charge is 0.188 e. The van der Waals surface area contributed by atoms with Crippen molar-refractivity contribution in [3.8, 4) is 0 Å². The maximum atomic E-state index is 9.88. The molecule has 0 fully saturated rings. The van der Waals surface area contributed by atoms with Gasteiger partial charge in [0, 0.05) is 13.0 Å². The van der Waals surface area contributed by atoms with E-state index in [9.17, 15) is 5.11 Å². The Balaban J connectivity index is 2.72. The zero-order valence-corrected chi connectivity index (χ0v) is 4.71. The average Bonchev–Trinajstić information content (AvgIpc) is 1.66. The summed E-state index contributed by atoms with van der Waals surface area (Å²) in [7, 11) is 0. The van der Waals surface area contributed by atoms with Gasteiger partial charge in [0.05, 0.1) is 0 Å². The second kappa shape index (κ2) is 5.03. The predicted octanol–water partition coefficient (Wildman–Crippen LogP) is -0.102. The molecule has 0 saturated carbocycles. The lowest BCUT2D eigenvalue weighted by Crippen LogP contribution is -2.01. The summed E-state index contributed by atoms with van der Waals surface area (Å²) in [6.07, 6.45) is 0.0163. The topological polar surface area (TPSA) is 60.4 Å². The highest BCUT2D eigenvalue weighted by molar-refractivity contribution is 4.39. The number of aliphatic hydroxyl groups excluding tert-OH is 2. The lowest BCUT2D eigenvalue weighted by molar-refractivity contribution is -0.0970. The monoisotopic (exact) mass is 119 g/mol. The molecular formula is C5H11O3. The van der Waals surface area contributed by atoms with Crippen molar-refractivity contribution in [2.45, 2.75) is 25.6 Å². The van der Waals surface area contributed by atoms with Gasteiger partial charge in [-0.25, -0.2) is 5.11 Å². The van der Waals surface area contributed by atoms with Crippen LogP contribution in [0.25, 0.3) is 0 Å². The molecule has 0 aromatic heterocycles. The van der Waals surface area contributed by atoms with E-state index < -0.39 is 6.29 Å². The molecular weight excluding hydrogens is 108 g/mol. The number of rotatable bonds is 4. The van der Waals surface area contributed by atoms with Crippen LogP contribution in [-0.2, 0) is 5.11 Å². The molecule has 3 heteroatoms. The highest BCUT2D eigenvalue weighted by Gasteiger charge is 1.96. The molecule has 0 amide bonds. The third-order valence-corrected chi connectivity index (χ3v) is 0.859. The van der Waals surface area contributed by atoms with Crippen LogP contribution in [0, 0.1) is 0 Å². The van der Waals surface area contributed by atoms with E-state index in [1.165, 1.54) is 0 Å². The Morgan fingerprint density at radius 2 is 2.00 bits per heavy atom. The molecule has 0 aliphatic carbocycles. The maximum absolute atomic E-state index is 9.88. The van der Waals surface area contributed by atoms with E-state index >= 15 is 0 Å². The molecule has 0 aromatic rings. The van der Waals surface area contributed by atoms with Crippen LogP contribution in [0.3, 0.4) is 0 Å². The largest absolute Gasteiger partial charge is 0.396 e. The van der Waals surface area contributed by atoms with Crippen LogP contribution < -0.4 is 0 Å². The zero-order chi connectivity index (χ0) is 6.41. The number of hydrogen-bond acceptors (Lipinski definition) is 2. The zero-order valence-electron chi connectivity index (χ0n) is 4.71. The highest BCUT2D eigenvalue weighted by Crippen LogP contribution is 1.96. The Hall–Kier alpha value is -0.120. The minimum atomic E-state index is -1.46. The predicted molar refractivity (Wildman–Crippen MR) is 27.6 cm³/mol. The Kier molecular flexibility index (Phi) is 4.95. The van der Waals surface area contributed by atoms with E-state index in [1.807, 2.05) is 0 Å². The van der Waals surface area contributed by atoms with Crippen molar-refractivity contribution in [3.63, 3.8) is 0 Å². The van der Waals surface area contributed by atoms with Crippen molar-refractivity contribution in [2.75, 3.05) is 6.61 Å². The van der Waals surface area contributed by atoms with Gasteiger partial charge in [-0.15, -0.1) is 0 Å². The second-order valence-electron chi connectivity index (χ2n) is 1.67. The first kappa shape index (κ1) is 7.88. The normalized spacial score (nSPS) is 10.5. The number of unbranched alkanes of at least 4 members (excludes halogenated alkanes) is 1. The van der Waals surface area contributed by atoms with Gasteiger partial charge in [-0.1, -0.05) is 0 Å². The first-order valence-electron chi connectivity index (χ1n) is 2.72. The second-order valence-corrected chi connectivity index (χ2v) is 1.67. The van der Waals surface area contributed by atoms with Gasteiger partial charge in [0.15, 0.2) is 6.29 Å². The Morgan fingerprint density at radius 1 is 1.38 bits per heavy atom. The van der Waals surface area contributed by atoms with Crippen LogP contribution in [0.5, 0.6) is 0 Å². The summed E-state index contributed by atoms with van der Waals surface area (Å²) in [6, 6.07) is 0. The first-order chi connectivity index (χ1) is 3.77. The fourth-order valence-corrected chi connectivity index (χ4v) is 0.431. The SMILES string of the molecule is [O]C(O)CCCCO. The van der Waals surface area contributed by atoms with Crippen LogP contribution in [0.1, 0.15) is 19.3 Å². The summed E-state index contributed by atoms with van der Waals surface area (Å²) in [5, 5.41) is 26.2. The van der Waals surface area contributed by atoms with Gasteiger partial charge in [0.2, 0.25) is 0 Å². The summed E-state index contributed by atoms with van der Waals surface area (Å²) in [5.41, 5.74) is 0. The van der Waals surface area contributed by atoms with Crippen LogP contribution in [0.2, 0.25) is 0 Å². The molecule has 0 heterocycles. The molecule has 0 spiro atoms. The molecule has 0 rings (SSSR count). The van der Waals surface area contributed by atoms with E-state index in [-0.39, 0.29) is 13.0 Å². The van der Waals surface area contributed by atoms with Gasteiger partial charge < -0.3 is 10.2 Å². The standard InChI is InChI=1S/C5H11O3/c6-4-2-1-3-5(7)8/h5-7H,1-4H2. The van der Waals surface area contributed by atoms with Crippen molar-refractivity contribution in [1.82, 2.24) is 0 Å². The van der Waals surface area contributed by atoms with Crippen molar-refractivity contribution in [1.29, 1.82) is 0 Å². The first-order valence-corrected chi connectivity index (χ1v) is 2.72. The average molecular weight is 119 g/mol. The minimum Gasteiger partial charge on any atom is -0.396 e. The quantitative estimate of drug-likeness (QED) is 0.401. The summed E-state index contributed by atoms with van der Waals surface area (Å²) in [5.74, 6) is 0. The molecule has 3 nitrogen and oxygen atoms in total. The van der Waals surface area contributed by atoms with Gasteiger partial charge in [0.25, 0.3) is 0 Å². The van der Waals surface area contributed by atoms with Crippen LogP contribution in [-0.4, -0.2) is 23.1 Å². The molecule has 0 aromatic carbocycles. The molecule has 2 N–H and O–H groups in total. The summed E-state index contributed by atoms with van der Waals surface area (Å²) in [6.45, 7) is 0.104. The Labute approximate surface area is 48.6 Å². The molecule has 8 heavy (non-hydrogen) atoms. The van der Waals surface area contributed by atoms with Crippen LogP contribution in [0.15, 0.2) is 0 Å². The third-order valence-electron chi connectivity index (χ3n) is 0.859. The van der Waals surface area contributed by atoms with E-state index in [1.54, 1.807) is 0 Å². The molecule has 0 aliphatic heterocycles. The Morgan fingerprint density at radius 3 is 2.38 bits per heavy atom. The molecule has 1 unspecified atom stereocenters. The van der Waals surface area contributed by atoms with E-state index in [0.29, 0.717) is 12.8 Å². The molecule has 1 radical (unpaired) electrons. The molecule has 0 aliphatic rings. The number of hydrogen-bond donors (Lipinski definition) is 2. The molecule has 0 saturated heterocycles. The van der Waals surface area contributed by atoms with E-state index in [4.69, 9.17) is 10.2 Å². The van der Waals surface area contributed by atoms with Gasteiger partial charge in [-0.05, 0) is 12.8 Å². The Bertz CT molecular complexity index is 44.9. The summed E-state index contributed by atoms with van der Waals surface area (Å²) in [4.78, 5) is 0. The summed E-state index contributed by atoms with van der Waals surface area (Å²) >= 11 is 0. The minimum absolute atomic E-state index is 0.104. The van der Waals surface area contributed by atoms with Crippen LogP contribution in [0.4, 0.5) is 0 Å². The lowest BCUT2D eigenvalue weighted by Gasteiger charge is -1.96. The van der Waals surface area contributed by atoms with Crippen LogP contribution >= 0.6 is 0 Å². The van der Waals surface area contributed by atoms with Gasteiger partial charge in [-0.2, -0.15) is 0 Å². The number of aliphatic hydroxyl groups is 2. The van der Waals surface area contributed by atoms with Gasteiger partial charge in [0.1, 0.15) is 0 Å². The highest BCUT2D eigenvalue weighted by atomic mass is 16.5. The van der Waals surface area contributed by atoms with Crippen molar-refractivity contribution in [3.05, 3.63) is 0 Å². The van der Waals surface area contributed by atoms with Gasteiger partial charge in [-0.3, -0.25) is 0 Å². The third kappa shape index (κ3) is 5.88.